The lowest BCUT2D eigenvalue weighted by Crippen LogP contribution is -2.35. The average molecular weight is 299 g/mol. The van der Waals surface area contributed by atoms with E-state index in [1.54, 1.807) is 0 Å². The Hall–Kier alpha value is -1.26. The molecule has 0 saturated carbocycles. The molecule has 1 unspecified atom stereocenters. The average Bonchev–Trinajstić information content (AvgIpc) is 2.91. The molecule has 1 heterocycles. The van der Waals surface area contributed by atoms with Crippen molar-refractivity contribution in [1.29, 1.82) is 0 Å². The zero-order chi connectivity index (χ0) is 13.7. The van der Waals surface area contributed by atoms with Crippen molar-refractivity contribution in [3.05, 3.63) is 24.3 Å². The van der Waals surface area contributed by atoms with Crippen LogP contribution in [0, 0.1) is 5.92 Å². The van der Waals surface area contributed by atoms with Gasteiger partial charge in [-0.3, -0.25) is 4.79 Å². The van der Waals surface area contributed by atoms with E-state index in [1.165, 1.54) is 0 Å². The summed E-state index contributed by atoms with van der Waals surface area (Å²) in [7, 11) is 0. The second-order valence-electron chi connectivity index (χ2n) is 5.37. The summed E-state index contributed by atoms with van der Waals surface area (Å²) in [5, 5.41) is 6.12. The van der Waals surface area contributed by atoms with Crippen LogP contribution in [0.1, 0.15) is 26.7 Å². The molecule has 1 amide bonds. The Bertz CT molecular complexity index is 432. The van der Waals surface area contributed by atoms with Crippen LogP contribution in [0.3, 0.4) is 0 Å². The Morgan fingerprint density at radius 1 is 1.50 bits per heavy atom. The normalized spacial score (nSPS) is 17.6. The Morgan fingerprint density at radius 3 is 2.95 bits per heavy atom. The van der Waals surface area contributed by atoms with Gasteiger partial charge in [0.1, 0.15) is 5.75 Å². The van der Waals surface area contributed by atoms with Crippen LogP contribution >= 0.6 is 12.4 Å². The van der Waals surface area contributed by atoms with Crippen LogP contribution in [0.25, 0.3) is 0 Å². The van der Waals surface area contributed by atoms with E-state index in [0.717, 1.165) is 30.8 Å². The first-order valence-electron chi connectivity index (χ1n) is 6.92. The maximum atomic E-state index is 12.0. The number of hydrogen-bond donors (Lipinski definition) is 2. The third kappa shape index (κ3) is 5.02. The van der Waals surface area contributed by atoms with Gasteiger partial charge in [-0.1, -0.05) is 19.9 Å². The standard InChI is InChI=1S/C15H22N2O2.ClH/c1-11(2)10-19-13-6-3-5-12(9-13)17-15(18)14-7-4-8-16-14;/h3,5-6,9,11,14,16H,4,7-8,10H2,1-2H3,(H,17,18);1H. The summed E-state index contributed by atoms with van der Waals surface area (Å²) < 4.78 is 5.65. The first kappa shape index (κ1) is 16.8. The van der Waals surface area contributed by atoms with Gasteiger partial charge < -0.3 is 15.4 Å². The summed E-state index contributed by atoms with van der Waals surface area (Å²) in [4.78, 5) is 12.0. The van der Waals surface area contributed by atoms with Gasteiger partial charge >= 0.3 is 0 Å². The summed E-state index contributed by atoms with van der Waals surface area (Å²) >= 11 is 0. The topological polar surface area (TPSA) is 50.4 Å². The molecule has 0 aliphatic carbocycles. The molecule has 5 heteroatoms. The molecule has 1 aliphatic rings. The second kappa shape index (κ2) is 8.12. The van der Waals surface area contributed by atoms with Crippen molar-refractivity contribution in [3.63, 3.8) is 0 Å². The largest absolute Gasteiger partial charge is 0.493 e. The summed E-state index contributed by atoms with van der Waals surface area (Å²) in [6, 6.07) is 7.50. The van der Waals surface area contributed by atoms with Gasteiger partial charge in [-0.05, 0) is 37.4 Å². The summed E-state index contributed by atoms with van der Waals surface area (Å²) in [6.45, 7) is 5.83. The van der Waals surface area contributed by atoms with E-state index in [4.69, 9.17) is 4.74 Å². The van der Waals surface area contributed by atoms with Gasteiger partial charge in [-0.25, -0.2) is 0 Å². The molecule has 0 bridgehead atoms. The van der Waals surface area contributed by atoms with Crippen LogP contribution in [-0.2, 0) is 4.79 Å². The molecule has 0 aromatic heterocycles. The van der Waals surface area contributed by atoms with E-state index >= 15 is 0 Å². The van der Waals surface area contributed by atoms with Crippen LogP contribution < -0.4 is 15.4 Å². The third-order valence-electron chi connectivity index (χ3n) is 3.06. The zero-order valence-electron chi connectivity index (χ0n) is 12.0. The lowest BCUT2D eigenvalue weighted by molar-refractivity contribution is -0.117. The molecule has 1 aliphatic heterocycles. The second-order valence-corrected chi connectivity index (χ2v) is 5.37. The highest BCUT2D eigenvalue weighted by Crippen LogP contribution is 2.19. The fourth-order valence-corrected chi connectivity index (χ4v) is 2.06. The molecule has 0 spiro atoms. The van der Waals surface area contributed by atoms with Crippen molar-refractivity contribution in [3.8, 4) is 5.75 Å². The number of ether oxygens (including phenoxy) is 1. The minimum Gasteiger partial charge on any atom is -0.493 e. The highest BCUT2D eigenvalue weighted by molar-refractivity contribution is 5.95. The molecule has 1 atom stereocenters. The van der Waals surface area contributed by atoms with Gasteiger partial charge in [0, 0.05) is 11.8 Å². The number of rotatable bonds is 5. The maximum absolute atomic E-state index is 12.0. The van der Waals surface area contributed by atoms with Crippen molar-refractivity contribution in [2.75, 3.05) is 18.5 Å². The molecular weight excluding hydrogens is 276 g/mol. The number of halogens is 1. The van der Waals surface area contributed by atoms with Crippen molar-refractivity contribution in [2.24, 2.45) is 5.92 Å². The van der Waals surface area contributed by atoms with Crippen LogP contribution in [0.2, 0.25) is 0 Å². The molecule has 0 radical (unpaired) electrons. The molecule has 2 rings (SSSR count). The monoisotopic (exact) mass is 298 g/mol. The molecule has 2 N–H and O–H groups in total. The maximum Gasteiger partial charge on any atom is 0.241 e. The fourth-order valence-electron chi connectivity index (χ4n) is 2.06. The van der Waals surface area contributed by atoms with Crippen LogP contribution in [-0.4, -0.2) is 25.1 Å². The summed E-state index contributed by atoms with van der Waals surface area (Å²) in [5.74, 6) is 1.32. The molecule has 1 aromatic rings. The lowest BCUT2D eigenvalue weighted by atomic mass is 10.2. The fraction of sp³-hybridized carbons (Fsp3) is 0.533. The smallest absolute Gasteiger partial charge is 0.241 e. The predicted octanol–water partition coefficient (Wildman–Crippen LogP) is 2.83. The van der Waals surface area contributed by atoms with Crippen molar-refractivity contribution in [2.45, 2.75) is 32.7 Å². The quantitative estimate of drug-likeness (QED) is 0.879. The third-order valence-corrected chi connectivity index (χ3v) is 3.06. The minimum absolute atomic E-state index is 0. The minimum atomic E-state index is -0.0553. The highest BCUT2D eigenvalue weighted by Gasteiger charge is 2.21. The van der Waals surface area contributed by atoms with Gasteiger partial charge in [-0.15, -0.1) is 12.4 Å². The Kier molecular flexibility index (Phi) is 6.82. The van der Waals surface area contributed by atoms with E-state index in [0.29, 0.717) is 12.5 Å². The predicted molar refractivity (Wildman–Crippen MR) is 83.7 cm³/mol. The Balaban J connectivity index is 0.00000200. The Labute approximate surface area is 126 Å². The first-order chi connectivity index (χ1) is 9.15. The number of anilines is 1. The Morgan fingerprint density at radius 2 is 2.30 bits per heavy atom. The molecule has 1 aromatic carbocycles. The van der Waals surface area contributed by atoms with E-state index in [2.05, 4.69) is 24.5 Å². The van der Waals surface area contributed by atoms with Crippen LogP contribution in [0.4, 0.5) is 5.69 Å². The summed E-state index contributed by atoms with van der Waals surface area (Å²) in [5.41, 5.74) is 0.792. The van der Waals surface area contributed by atoms with Crippen molar-refractivity contribution in [1.82, 2.24) is 5.32 Å². The molecule has 1 fully saturated rings. The molecule has 4 nitrogen and oxygen atoms in total. The number of hydrogen-bond acceptors (Lipinski definition) is 3. The van der Waals surface area contributed by atoms with E-state index in [9.17, 15) is 4.79 Å². The zero-order valence-corrected chi connectivity index (χ0v) is 12.8. The van der Waals surface area contributed by atoms with Crippen molar-refractivity contribution >= 4 is 24.0 Å². The van der Waals surface area contributed by atoms with Crippen LogP contribution in [0.15, 0.2) is 24.3 Å². The summed E-state index contributed by atoms with van der Waals surface area (Å²) in [6.07, 6.45) is 1.98. The number of amides is 1. The van der Waals surface area contributed by atoms with E-state index < -0.39 is 0 Å². The van der Waals surface area contributed by atoms with Crippen molar-refractivity contribution < 1.29 is 9.53 Å². The van der Waals surface area contributed by atoms with Gasteiger partial charge in [0.2, 0.25) is 5.91 Å². The van der Waals surface area contributed by atoms with Gasteiger partial charge in [0.05, 0.1) is 12.6 Å². The van der Waals surface area contributed by atoms with Gasteiger partial charge in [0.25, 0.3) is 0 Å². The van der Waals surface area contributed by atoms with E-state index in [-0.39, 0.29) is 24.4 Å². The lowest BCUT2D eigenvalue weighted by Gasteiger charge is -2.13. The number of benzene rings is 1. The molecule has 20 heavy (non-hydrogen) atoms. The first-order valence-corrected chi connectivity index (χ1v) is 6.92. The van der Waals surface area contributed by atoms with Gasteiger partial charge in [0.15, 0.2) is 0 Å². The van der Waals surface area contributed by atoms with E-state index in [1.807, 2.05) is 24.3 Å². The molecule has 1 saturated heterocycles. The molecule has 112 valence electrons. The number of carbonyl (C=O) groups excluding carboxylic acids is 1. The number of nitrogens with one attached hydrogen (secondary N) is 2. The molecular formula is C15H23ClN2O2. The number of carbonyl (C=O) groups is 1. The highest BCUT2D eigenvalue weighted by atomic mass is 35.5. The van der Waals surface area contributed by atoms with Gasteiger partial charge in [-0.2, -0.15) is 0 Å². The SMILES string of the molecule is CC(C)COc1cccc(NC(=O)C2CCCN2)c1.Cl. The van der Waals surface area contributed by atoms with Crippen LogP contribution in [0.5, 0.6) is 5.75 Å².